The van der Waals surface area contributed by atoms with Crippen molar-refractivity contribution in [1.29, 1.82) is 0 Å². The second-order valence-electron chi connectivity index (χ2n) is 5.12. The summed E-state index contributed by atoms with van der Waals surface area (Å²) in [6, 6.07) is 5.92. The second kappa shape index (κ2) is 10.2. The molecule has 25 heavy (non-hydrogen) atoms. The van der Waals surface area contributed by atoms with Gasteiger partial charge >= 0.3 is 6.55 Å². The maximum Gasteiger partial charge on any atom is 0.319 e. The third-order valence-corrected chi connectivity index (χ3v) is 3.49. The summed E-state index contributed by atoms with van der Waals surface area (Å²) in [7, 11) is 3.23. The number of nitrogens with one attached hydrogen (secondary N) is 2. The first-order valence-corrected chi connectivity index (χ1v) is 7.43. The van der Waals surface area contributed by atoms with E-state index in [0.717, 1.165) is 21.4 Å². The van der Waals surface area contributed by atoms with Crippen LogP contribution < -0.4 is 15.4 Å². The lowest BCUT2D eigenvalue weighted by Gasteiger charge is -2.14. The van der Waals surface area contributed by atoms with E-state index in [1.807, 2.05) is 25.1 Å². The number of hydrogen-bond donors (Lipinski definition) is 2. The summed E-state index contributed by atoms with van der Waals surface area (Å²) in [4.78, 5) is 8.00. The van der Waals surface area contributed by atoms with Crippen LogP contribution in [0.15, 0.2) is 35.6 Å². The lowest BCUT2D eigenvalue weighted by molar-refractivity contribution is 0.0668. The van der Waals surface area contributed by atoms with Crippen molar-refractivity contribution in [1.82, 2.24) is 20.2 Å². The number of methoxy groups -OCH3 is 1. The number of aryl methyl sites for hydroxylation is 1. The van der Waals surface area contributed by atoms with Crippen LogP contribution in [-0.2, 0) is 13.1 Å². The van der Waals surface area contributed by atoms with E-state index in [9.17, 15) is 8.78 Å². The van der Waals surface area contributed by atoms with E-state index in [1.54, 1.807) is 14.2 Å². The highest BCUT2D eigenvalue weighted by Gasteiger charge is 2.11. The highest BCUT2D eigenvalue weighted by molar-refractivity contribution is 14.0. The van der Waals surface area contributed by atoms with Gasteiger partial charge in [0.2, 0.25) is 0 Å². The molecule has 2 N–H and O–H groups in total. The molecule has 0 saturated heterocycles. The van der Waals surface area contributed by atoms with Crippen LogP contribution in [0.5, 0.6) is 5.75 Å². The van der Waals surface area contributed by atoms with Gasteiger partial charge < -0.3 is 15.4 Å². The molecule has 0 radical (unpaired) electrons. The molecule has 1 aromatic carbocycles. The third-order valence-electron chi connectivity index (χ3n) is 3.49. The zero-order valence-electron chi connectivity index (χ0n) is 14.3. The predicted molar refractivity (Wildman–Crippen MR) is 104 cm³/mol. The molecule has 0 aliphatic heterocycles. The Morgan fingerprint density at radius 3 is 2.68 bits per heavy atom. The number of imidazole rings is 1. The fourth-order valence-corrected chi connectivity index (χ4v) is 2.22. The van der Waals surface area contributed by atoms with Crippen molar-refractivity contribution in [3.05, 3.63) is 47.5 Å². The largest absolute Gasteiger partial charge is 0.496 e. The van der Waals surface area contributed by atoms with Crippen LogP contribution in [0.25, 0.3) is 0 Å². The van der Waals surface area contributed by atoms with Crippen LogP contribution in [0.4, 0.5) is 8.78 Å². The molecule has 0 unspecified atom stereocenters. The number of rotatable bonds is 6. The van der Waals surface area contributed by atoms with Crippen molar-refractivity contribution in [2.24, 2.45) is 4.99 Å². The normalized spacial score (nSPS) is 11.2. The molecule has 0 amide bonds. The molecule has 6 nitrogen and oxygen atoms in total. The van der Waals surface area contributed by atoms with Gasteiger partial charge in [0.1, 0.15) is 11.6 Å². The smallest absolute Gasteiger partial charge is 0.319 e. The maximum absolute atomic E-state index is 12.8. The summed E-state index contributed by atoms with van der Waals surface area (Å²) in [5.74, 6) is 1.51. The molecule has 0 saturated carbocycles. The molecule has 1 aromatic heterocycles. The van der Waals surface area contributed by atoms with Crippen molar-refractivity contribution in [3.8, 4) is 5.75 Å². The highest BCUT2D eigenvalue weighted by Crippen LogP contribution is 2.19. The third kappa shape index (κ3) is 5.83. The Morgan fingerprint density at radius 2 is 2.04 bits per heavy atom. The molecule has 0 aliphatic rings. The molecule has 1 heterocycles. The summed E-state index contributed by atoms with van der Waals surface area (Å²) < 4.78 is 31.7. The lowest BCUT2D eigenvalue weighted by atomic mass is 10.1. The summed E-state index contributed by atoms with van der Waals surface area (Å²) in [6.07, 6.45) is 2.59. The van der Waals surface area contributed by atoms with Crippen molar-refractivity contribution in [3.63, 3.8) is 0 Å². The van der Waals surface area contributed by atoms with Gasteiger partial charge in [-0.3, -0.25) is 9.56 Å². The van der Waals surface area contributed by atoms with Crippen LogP contribution in [0.3, 0.4) is 0 Å². The summed E-state index contributed by atoms with van der Waals surface area (Å²) in [6.45, 7) is 0.0101. The molecule has 2 rings (SSSR count). The van der Waals surface area contributed by atoms with E-state index >= 15 is 0 Å². The molecule has 0 aliphatic carbocycles. The molecular formula is C16H22F2IN5O. The van der Waals surface area contributed by atoms with Gasteiger partial charge in [-0.05, 0) is 18.6 Å². The monoisotopic (exact) mass is 465 g/mol. The number of ether oxygens (including phenoxy) is 1. The van der Waals surface area contributed by atoms with Crippen LogP contribution in [0.1, 0.15) is 23.5 Å². The molecule has 9 heteroatoms. The van der Waals surface area contributed by atoms with Gasteiger partial charge in [0.25, 0.3) is 0 Å². The van der Waals surface area contributed by atoms with Gasteiger partial charge in [0.05, 0.1) is 13.7 Å². The van der Waals surface area contributed by atoms with Crippen LogP contribution in [0.2, 0.25) is 0 Å². The predicted octanol–water partition coefficient (Wildman–Crippen LogP) is 3.08. The van der Waals surface area contributed by atoms with Gasteiger partial charge in [-0.25, -0.2) is 4.98 Å². The van der Waals surface area contributed by atoms with Crippen molar-refractivity contribution >= 4 is 29.9 Å². The van der Waals surface area contributed by atoms with Gasteiger partial charge in [0.15, 0.2) is 5.96 Å². The first-order valence-electron chi connectivity index (χ1n) is 7.43. The van der Waals surface area contributed by atoms with Crippen molar-refractivity contribution in [2.75, 3.05) is 14.2 Å². The average Bonchev–Trinajstić information content (AvgIpc) is 3.04. The molecule has 0 fully saturated rings. The summed E-state index contributed by atoms with van der Waals surface area (Å²) >= 11 is 0. The van der Waals surface area contributed by atoms with E-state index in [-0.39, 0.29) is 36.3 Å². The fourth-order valence-electron chi connectivity index (χ4n) is 2.22. The van der Waals surface area contributed by atoms with Gasteiger partial charge in [-0.1, -0.05) is 12.1 Å². The molecule has 0 atom stereocenters. The van der Waals surface area contributed by atoms with E-state index in [1.165, 1.54) is 12.4 Å². The molecule has 0 bridgehead atoms. The topological polar surface area (TPSA) is 63.5 Å². The van der Waals surface area contributed by atoms with E-state index in [4.69, 9.17) is 4.74 Å². The van der Waals surface area contributed by atoms with Crippen LogP contribution >= 0.6 is 24.0 Å². The number of alkyl halides is 2. The lowest BCUT2D eigenvalue weighted by Crippen LogP contribution is -2.37. The van der Waals surface area contributed by atoms with Crippen molar-refractivity contribution < 1.29 is 13.5 Å². The molecule has 0 spiro atoms. The van der Waals surface area contributed by atoms with E-state index in [0.29, 0.717) is 12.5 Å². The van der Waals surface area contributed by atoms with Crippen LogP contribution in [-0.4, -0.2) is 29.7 Å². The second-order valence-corrected chi connectivity index (χ2v) is 5.12. The van der Waals surface area contributed by atoms with Crippen molar-refractivity contribution in [2.45, 2.75) is 26.6 Å². The molecule has 138 valence electrons. The Labute approximate surface area is 162 Å². The molecular weight excluding hydrogens is 443 g/mol. The Kier molecular flexibility index (Phi) is 8.59. The van der Waals surface area contributed by atoms with E-state index in [2.05, 4.69) is 20.6 Å². The quantitative estimate of drug-likeness (QED) is 0.391. The number of aromatic nitrogens is 2. The number of guanidine groups is 1. The standard InChI is InChI=1S/C16H21F2N5O.HI/c1-11-4-5-12(13(8-11)24-3)9-21-16(19-2)22-10-14-20-6-7-23(14)15(17)18;/h4-8,15H,9-10H2,1-3H3,(H2,19,21,22);1H. The van der Waals surface area contributed by atoms with Gasteiger partial charge in [-0.15, -0.1) is 24.0 Å². The number of halogens is 3. The zero-order valence-corrected chi connectivity index (χ0v) is 16.6. The van der Waals surface area contributed by atoms with Crippen LogP contribution in [0, 0.1) is 6.92 Å². The van der Waals surface area contributed by atoms with Gasteiger partial charge in [0, 0.05) is 31.5 Å². The minimum absolute atomic E-state index is 0. The number of aliphatic imine (C=N–C) groups is 1. The fraction of sp³-hybridized carbons (Fsp3) is 0.375. The van der Waals surface area contributed by atoms with E-state index < -0.39 is 6.55 Å². The van der Waals surface area contributed by atoms with Gasteiger partial charge in [-0.2, -0.15) is 8.78 Å². The Morgan fingerprint density at radius 1 is 1.32 bits per heavy atom. The minimum atomic E-state index is -2.61. The minimum Gasteiger partial charge on any atom is -0.496 e. The maximum atomic E-state index is 12.8. The highest BCUT2D eigenvalue weighted by atomic mass is 127. The first kappa shape index (κ1) is 21.1. The summed E-state index contributed by atoms with van der Waals surface area (Å²) in [5.41, 5.74) is 2.08. The Balaban J connectivity index is 0.00000312. The molecule has 2 aromatic rings. The number of nitrogens with zero attached hydrogens (tertiary/aromatic N) is 3. The SMILES string of the molecule is CN=C(NCc1ccc(C)cc1OC)NCc1nccn1C(F)F.I. The number of benzene rings is 1. The average molecular weight is 465 g/mol. The summed E-state index contributed by atoms with van der Waals surface area (Å²) in [5, 5.41) is 6.09. The zero-order chi connectivity index (χ0) is 17.5. The Hall–Kier alpha value is -1.91. The number of hydrogen-bond acceptors (Lipinski definition) is 3. The Bertz CT molecular complexity index is 706. The first-order chi connectivity index (χ1) is 11.5.